The number of nitrogens with zero attached hydrogens (tertiary/aromatic N) is 2. The van der Waals surface area contributed by atoms with Crippen LogP contribution in [0.5, 0.6) is 0 Å². The van der Waals surface area contributed by atoms with Crippen LogP contribution in [0.2, 0.25) is 0 Å². The number of carbonyl (C=O) groups excluding carboxylic acids is 2. The van der Waals surface area contributed by atoms with Crippen molar-refractivity contribution in [3.05, 3.63) is 71.8 Å². The van der Waals surface area contributed by atoms with Gasteiger partial charge in [-0.15, -0.1) is 0 Å². The minimum Gasteiger partial charge on any atom is -0.462 e. The molecule has 4 aliphatic rings. The summed E-state index contributed by atoms with van der Waals surface area (Å²) in [7, 11) is -0.332. The van der Waals surface area contributed by atoms with Crippen LogP contribution in [0.1, 0.15) is 74.3 Å². The van der Waals surface area contributed by atoms with E-state index in [-0.39, 0.29) is 42.8 Å². The summed E-state index contributed by atoms with van der Waals surface area (Å²) in [4.78, 5) is 29.6. The molecule has 48 heavy (non-hydrogen) atoms. The van der Waals surface area contributed by atoms with Crippen LogP contribution in [0.3, 0.4) is 0 Å². The molecule has 0 spiro atoms. The average molecular weight is 695 g/mol. The molecule has 14 heteroatoms. The molecule has 0 amide bonds. The zero-order valence-corrected chi connectivity index (χ0v) is 28.3. The summed E-state index contributed by atoms with van der Waals surface area (Å²) in [5, 5.41) is 19.1. The Hall–Kier alpha value is -2.95. The van der Waals surface area contributed by atoms with Crippen LogP contribution in [0.25, 0.3) is 0 Å². The molecule has 4 saturated heterocycles. The van der Waals surface area contributed by atoms with E-state index in [9.17, 15) is 19.8 Å². The summed E-state index contributed by atoms with van der Waals surface area (Å²) in [6, 6.07) is 20.9. The van der Waals surface area contributed by atoms with Gasteiger partial charge in [0, 0.05) is 24.2 Å². The van der Waals surface area contributed by atoms with Crippen LogP contribution in [0, 0.1) is 0 Å². The molecule has 0 radical (unpaired) electrons. The van der Waals surface area contributed by atoms with Gasteiger partial charge in [0.05, 0.1) is 13.2 Å². The molecular formula is C34H50N2O11S. The molecule has 13 nitrogen and oxygen atoms in total. The SMILES string of the molecule is CN1C2CCC1CC(OC(=O)[C@H](CO)c1ccccc1)C2.CN1C2CCC1CC(OC(=O)[C@H](CO)c1ccccc1)C2.O.O=S(=O)(O)O. The van der Waals surface area contributed by atoms with E-state index in [0.717, 1.165) is 36.8 Å². The molecule has 4 heterocycles. The van der Waals surface area contributed by atoms with Gasteiger partial charge in [-0.25, -0.2) is 0 Å². The van der Waals surface area contributed by atoms with E-state index in [1.165, 1.54) is 25.7 Å². The summed E-state index contributed by atoms with van der Waals surface area (Å²) < 4.78 is 43.0. The van der Waals surface area contributed by atoms with Gasteiger partial charge in [-0.1, -0.05) is 60.7 Å². The third-order valence-electron chi connectivity index (χ3n) is 10.0. The van der Waals surface area contributed by atoms with Gasteiger partial charge >= 0.3 is 22.3 Å². The van der Waals surface area contributed by atoms with Crippen LogP contribution in [-0.2, 0) is 29.5 Å². The van der Waals surface area contributed by atoms with Crippen LogP contribution >= 0.6 is 0 Å². The molecule has 6 rings (SSSR count). The first-order chi connectivity index (χ1) is 22.4. The Morgan fingerprint density at radius 2 is 0.938 bits per heavy atom. The molecule has 4 unspecified atom stereocenters. The first-order valence-electron chi connectivity index (χ1n) is 16.2. The Balaban J connectivity index is 0.000000225. The van der Waals surface area contributed by atoms with Crippen LogP contribution in [0.15, 0.2) is 60.7 Å². The molecule has 0 aliphatic carbocycles. The largest absolute Gasteiger partial charge is 0.462 e. The Labute approximate surface area is 282 Å². The van der Waals surface area contributed by atoms with Crippen molar-refractivity contribution in [2.75, 3.05) is 27.3 Å². The van der Waals surface area contributed by atoms with E-state index in [1.54, 1.807) is 0 Å². The number of aliphatic hydroxyl groups is 2. The molecule has 6 N–H and O–H groups in total. The van der Waals surface area contributed by atoms with E-state index >= 15 is 0 Å². The number of aliphatic hydroxyl groups excluding tert-OH is 2. The fourth-order valence-corrected chi connectivity index (χ4v) is 7.41. The van der Waals surface area contributed by atoms with Gasteiger partial charge in [0.25, 0.3) is 0 Å². The van der Waals surface area contributed by atoms with Crippen molar-refractivity contribution in [2.45, 2.75) is 99.6 Å². The van der Waals surface area contributed by atoms with Gasteiger partial charge in [-0.2, -0.15) is 8.42 Å². The third-order valence-corrected chi connectivity index (χ3v) is 10.0. The van der Waals surface area contributed by atoms with Gasteiger partial charge < -0.3 is 35.0 Å². The van der Waals surface area contributed by atoms with Crippen molar-refractivity contribution in [1.29, 1.82) is 0 Å². The quantitative estimate of drug-likeness (QED) is 0.232. The minimum atomic E-state index is -4.67. The monoisotopic (exact) mass is 694 g/mol. The lowest BCUT2D eigenvalue weighted by atomic mass is 9.98. The molecule has 0 saturated carbocycles. The maximum atomic E-state index is 12.4. The molecule has 268 valence electrons. The maximum Gasteiger partial charge on any atom is 0.394 e. The molecule has 0 aromatic heterocycles. The summed E-state index contributed by atoms with van der Waals surface area (Å²) in [6.07, 6.45) is 8.52. The number of piperidine rings is 2. The molecule has 4 bridgehead atoms. The highest BCUT2D eigenvalue weighted by atomic mass is 32.3. The zero-order valence-electron chi connectivity index (χ0n) is 27.5. The topological polar surface area (TPSA) is 206 Å². The molecule has 2 aromatic rings. The number of carbonyl (C=O) groups is 2. The Morgan fingerprint density at radius 3 is 1.19 bits per heavy atom. The van der Waals surface area contributed by atoms with Gasteiger partial charge in [-0.05, 0) is 76.6 Å². The normalized spacial score (nSPS) is 27.5. The van der Waals surface area contributed by atoms with Gasteiger partial charge in [0.15, 0.2) is 0 Å². The van der Waals surface area contributed by atoms with Crippen LogP contribution in [-0.4, -0.2) is 119 Å². The molecule has 2 aromatic carbocycles. The lowest BCUT2D eigenvalue weighted by molar-refractivity contribution is -0.156. The standard InChI is InChI=1S/2C17H23NO3.H2O4S.H2O/c2*1-18-13-7-8-14(18)10-15(9-13)21-17(20)16(11-19)12-5-3-2-4-6-12;1-5(2,3)4;/h2*2-6,13-16,19H,7-11H2,1H3;(H2,1,2,3,4);1H2/t2*13?,14?,15?,16-;;/m11../s1. The highest BCUT2D eigenvalue weighted by Crippen LogP contribution is 2.37. The fourth-order valence-electron chi connectivity index (χ4n) is 7.41. The number of esters is 2. The van der Waals surface area contributed by atoms with E-state index in [2.05, 4.69) is 23.9 Å². The van der Waals surface area contributed by atoms with Gasteiger partial charge in [-0.3, -0.25) is 18.7 Å². The van der Waals surface area contributed by atoms with Crippen molar-refractivity contribution in [3.8, 4) is 0 Å². The number of hydrogen-bond acceptors (Lipinski definition) is 10. The Kier molecular flexibility index (Phi) is 14.9. The highest BCUT2D eigenvalue weighted by Gasteiger charge is 2.41. The lowest BCUT2D eigenvalue weighted by Gasteiger charge is -2.36. The summed E-state index contributed by atoms with van der Waals surface area (Å²) in [5.41, 5.74) is 1.64. The number of hydrogen-bond donors (Lipinski definition) is 4. The summed E-state index contributed by atoms with van der Waals surface area (Å²) >= 11 is 0. The summed E-state index contributed by atoms with van der Waals surface area (Å²) in [5.74, 6) is -1.72. The fraction of sp³-hybridized carbons (Fsp3) is 0.588. The second kappa shape index (κ2) is 18.2. The average Bonchev–Trinajstić information content (AvgIpc) is 3.34. The van der Waals surface area contributed by atoms with Crippen LogP contribution in [0.4, 0.5) is 0 Å². The Bertz CT molecular complexity index is 1270. The van der Waals surface area contributed by atoms with Crippen molar-refractivity contribution in [3.63, 3.8) is 0 Å². The van der Waals surface area contributed by atoms with Gasteiger partial charge in [0.2, 0.25) is 0 Å². The zero-order chi connectivity index (χ0) is 34.1. The van der Waals surface area contributed by atoms with Gasteiger partial charge in [0.1, 0.15) is 24.0 Å². The van der Waals surface area contributed by atoms with Crippen LogP contribution < -0.4 is 0 Å². The van der Waals surface area contributed by atoms with Crippen molar-refractivity contribution >= 4 is 22.3 Å². The summed E-state index contributed by atoms with van der Waals surface area (Å²) in [6.45, 7) is -0.412. The first-order valence-corrected chi connectivity index (χ1v) is 17.6. The Morgan fingerprint density at radius 1 is 0.667 bits per heavy atom. The maximum absolute atomic E-state index is 12.4. The van der Waals surface area contributed by atoms with Crippen molar-refractivity contribution in [1.82, 2.24) is 9.80 Å². The minimum absolute atomic E-state index is 0. The van der Waals surface area contributed by atoms with E-state index in [1.807, 2.05) is 60.7 Å². The number of rotatable bonds is 8. The second-order valence-electron chi connectivity index (χ2n) is 12.9. The van der Waals surface area contributed by atoms with Crippen molar-refractivity contribution in [2.24, 2.45) is 0 Å². The first kappa shape index (κ1) is 39.5. The second-order valence-corrected chi connectivity index (χ2v) is 13.8. The molecule has 4 aliphatic heterocycles. The van der Waals surface area contributed by atoms with Crippen molar-refractivity contribution < 1.29 is 52.3 Å². The molecule has 6 atom stereocenters. The lowest BCUT2D eigenvalue weighted by Crippen LogP contribution is -2.43. The predicted octanol–water partition coefficient (Wildman–Crippen LogP) is 2.38. The van der Waals surface area contributed by atoms with E-state index < -0.39 is 22.2 Å². The molecule has 4 fully saturated rings. The number of ether oxygens (including phenoxy) is 2. The van der Waals surface area contributed by atoms with E-state index in [0.29, 0.717) is 24.2 Å². The van der Waals surface area contributed by atoms with E-state index in [4.69, 9.17) is 27.0 Å². The smallest absolute Gasteiger partial charge is 0.394 e. The highest BCUT2D eigenvalue weighted by molar-refractivity contribution is 7.79. The predicted molar refractivity (Wildman–Crippen MR) is 178 cm³/mol. The number of fused-ring (bicyclic) bond motifs is 4. The molecular weight excluding hydrogens is 644 g/mol. The number of benzene rings is 2. The third kappa shape index (κ3) is 11.0.